The highest BCUT2D eigenvalue weighted by Gasteiger charge is 2.31. The zero-order valence-electron chi connectivity index (χ0n) is 11.8. The van der Waals surface area contributed by atoms with E-state index in [0.717, 1.165) is 16.6 Å². The van der Waals surface area contributed by atoms with Crippen LogP contribution in [0.1, 0.15) is 10.4 Å². The van der Waals surface area contributed by atoms with Gasteiger partial charge in [0, 0.05) is 26.2 Å². The molecule has 0 spiro atoms. The minimum Gasteiger partial charge on any atom is -0.545 e. The van der Waals surface area contributed by atoms with Crippen LogP contribution in [0.2, 0.25) is 0 Å². The fourth-order valence-corrected chi connectivity index (χ4v) is 4.47. The highest BCUT2D eigenvalue weighted by atomic mass is 32.2. The van der Waals surface area contributed by atoms with Crippen molar-refractivity contribution >= 4 is 26.0 Å². The molecule has 8 nitrogen and oxygen atoms in total. The van der Waals surface area contributed by atoms with Gasteiger partial charge < -0.3 is 9.90 Å². The second-order valence-corrected chi connectivity index (χ2v) is 8.80. The van der Waals surface area contributed by atoms with Gasteiger partial charge in [-0.05, 0) is 17.7 Å². The van der Waals surface area contributed by atoms with Crippen LogP contribution in [0.25, 0.3) is 0 Å². The Bertz CT molecular complexity index is 780. The number of benzene rings is 1. The summed E-state index contributed by atoms with van der Waals surface area (Å²) in [5, 5.41) is 10.8. The van der Waals surface area contributed by atoms with Crippen molar-refractivity contribution in [2.45, 2.75) is 4.90 Å². The summed E-state index contributed by atoms with van der Waals surface area (Å²) in [6.07, 6.45) is 1.07. The number of aromatic carboxylic acids is 1. The molecule has 122 valence electrons. The lowest BCUT2D eigenvalue weighted by atomic mass is 10.2. The van der Waals surface area contributed by atoms with Crippen LogP contribution in [0.4, 0.5) is 0 Å². The Morgan fingerprint density at radius 3 is 2.09 bits per heavy atom. The van der Waals surface area contributed by atoms with Crippen LogP contribution in [-0.4, -0.2) is 63.9 Å². The Labute approximate surface area is 129 Å². The third-order valence-electron chi connectivity index (χ3n) is 3.37. The molecule has 0 radical (unpaired) electrons. The quantitative estimate of drug-likeness (QED) is 0.642. The van der Waals surface area contributed by atoms with Crippen LogP contribution in [-0.2, 0) is 20.0 Å². The number of rotatable bonds is 4. The number of carboxylic acids is 1. The first-order valence-corrected chi connectivity index (χ1v) is 9.68. The van der Waals surface area contributed by atoms with Crippen molar-refractivity contribution in [1.82, 2.24) is 8.61 Å². The average molecular weight is 347 g/mol. The van der Waals surface area contributed by atoms with Gasteiger partial charge in [-0.2, -0.15) is 8.61 Å². The van der Waals surface area contributed by atoms with Crippen LogP contribution in [0.5, 0.6) is 0 Å². The molecule has 1 fully saturated rings. The molecule has 0 N–H and O–H groups in total. The van der Waals surface area contributed by atoms with Gasteiger partial charge in [0.15, 0.2) is 0 Å². The predicted octanol–water partition coefficient (Wildman–Crippen LogP) is -1.68. The number of hydrogen-bond donors (Lipinski definition) is 0. The monoisotopic (exact) mass is 347 g/mol. The largest absolute Gasteiger partial charge is 0.545 e. The van der Waals surface area contributed by atoms with Crippen LogP contribution in [0.15, 0.2) is 29.2 Å². The van der Waals surface area contributed by atoms with E-state index in [1.165, 1.54) is 22.5 Å². The first-order chi connectivity index (χ1) is 10.1. The number of carbonyl (C=O) groups is 1. The lowest BCUT2D eigenvalue weighted by Gasteiger charge is -2.32. The van der Waals surface area contributed by atoms with Crippen molar-refractivity contribution in [3.8, 4) is 0 Å². The van der Waals surface area contributed by atoms with Crippen LogP contribution in [0.3, 0.4) is 0 Å². The molecule has 1 heterocycles. The number of piperazine rings is 1. The molecule has 10 heteroatoms. The zero-order chi connectivity index (χ0) is 16.5. The number of sulfonamides is 2. The summed E-state index contributed by atoms with van der Waals surface area (Å²) in [6, 6.07) is 4.90. The molecule has 0 atom stereocenters. The van der Waals surface area contributed by atoms with Gasteiger partial charge >= 0.3 is 0 Å². The summed E-state index contributed by atoms with van der Waals surface area (Å²) in [7, 11) is -7.22. The molecular weight excluding hydrogens is 332 g/mol. The van der Waals surface area contributed by atoms with E-state index < -0.39 is 26.0 Å². The van der Waals surface area contributed by atoms with Gasteiger partial charge in [0.2, 0.25) is 20.0 Å². The number of carboxylic acid groups (broad SMARTS) is 1. The first-order valence-electron chi connectivity index (χ1n) is 6.39. The molecule has 1 aliphatic rings. The Hall–Kier alpha value is -1.49. The van der Waals surface area contributed by atoms with Crippen molar-refractivity contribution in [2.75, 3.05) is 32.4 Å². The molecular formula is C12H15N2O6S2-. The van der Waals surface area contributed by atoms with Gasteiger partial charge in [0.25, 0.3) is 0 Å². The molecule has 2 rings (SSSR count). The van der Waals surface area contributed by atoms with E-state index in [1.54, 1.807) is 0 Å². The molecule has 0 aromatic heterocycles. The molecule has 0 unspecified atom stereocenters. The molecule has 22 heavy (non-hydrogen) atoms. The van der Waals surface area contributed by atoms with Gasteiger partial charge in [-0.3, -0.25) is 0 Å². The van der Waals surface area contributed by atoms with Gasteiger partial charge in [-0.25, -0.2) is 16.8 Å². The third kappa shape index (κ3) is 3.46. The Balaban J connectivity index is 2.22. The molecule has 1 aliphatic heterocycles. The van der Waals surface area contributed by atoms with Crippen molar-refractivity contribution < 1.29 is 26.7 Å². The van der Waals surface area contributed by atoms with E-state index in [-0.39, 0.29) is 36.6 Å². The number of nitrogens with zero attached hydrogens (tertiary/aromatic N) is 2. The van der Waals surface area contributed by atoms with Crippen LogP contribution < -0.4 is 5.11 Å². The van der Waals surface area contributed by atoms with E-state index in [4.69, 9.17) is 0 Å². The van der Waals surface area contributed by atoms with E-state index in [2.05, 4.69) is 0 Å². The molecule has 1 aromatic carbocycles. The van der Waals surface area contributed by atoms with E-state index in [9.17, 15) is 26.7 Å². The number of hydrogen-bond acceptors (Lipinski definition) is 6. The molecule has 0 aliphatic carbocycles. The minimum absolute atomic E-state index is 0.0188. The van der Waals surface area contributed by atoms with E-state index in [1.807, 2.05) is 0 Å². The molecule has 1 saturated heterocycles. The maximum absolute atomic E-state index is 12.5. The molecule has 0 amide bonds. The van der Waals surface area contributed by atoms with Gasteiger partial charge in [-0.1, -0.05) is 12.1 Å². The van der Waals surface area contributed by atoms with E-state index >= 15 is 0 Å². The standard InChI is InChI=1S/C12H16N2O6S2/c1-21(17,18)13-5-7-14(8-6-13)22(19,20)11-4-2-3-10(9-11)12(15)16/h2-4,9H,5-8H2,1H3,(H,15,16)/p-1. The number of carbonyl (C=O) groups excluding carboxylic acids is 1. The lowest BCUT2D eigenvalue weighted by molar-refractivity contribution is -0.255. The zero-order valence-corrected chi connectivity index (χ0v) is 13.4. The maximum Gasteiger partial charge on any atom is 0.243 e. The summed E-state index contributed by atoms with van der Waals surface area (Å²) in [6.45, 7) is 0.173. The topological polar surface area (TPSA) is 115 Å². The van der Waals surface area contributed by atoms with Gasteiger partial charge in [-0.15, -0.1) is 0 Å². The highest BCUT2D eigenvalue weighted by molar-refractivity contribution is 7.89. The van der Waals surface area contributed by atoms with Gasteiger partial charge in [0.05, 0.1) is 17.1 Å². The predicted molar refractivity (Wildman–Crippen MR) is 75.9 cm³/mol. The third-order valence-corrected chi connectivity index (χ3v) is 6.57. The normalized spacial score (nSPS) is 18.2. The fraction of sp³-hybridized carbons (Fsp3) is 0.417. The summed E-state index contributed by atoms with van der Waals surface area (Å²) >= 11 is 0. The summed E-state index contributed by atoms with van der Waals surface area (Å²) in [4.78, 5) is 10.7. The fourth-order valence-electron chi connectivity index (χ4n) is 2.17. The second-order valence-electron chi connectivity index (χ2n) is 4.88. The minimum atomic E-state index is -3.87. The van der Waals surface area contributed by atoms with E-state index in [0.29, 0.717) is 0 Å². The first kappa shape index (κ1) is 16.9. The van der Waals surface area contributed by atoms with Crippen molar-refractivity contribution in [3.05, 3.63) is 29.8 Å². The molecule has 1 aromatic rings. The Morgan fingerprint density at radius 1 is 1.05 bits per heavy atom. The second kappa shape index (κ2) is 5.95. The SMILES string of the molecule is CS(=O)(=O)N1CCN(S(=O)(=O)c2cccc(C(=O)[O-])c2)CC1. The van der Waals surface area contributed by atoms with Crippen molar-refractivity contribution in [3.63, 3.8) is 0 Å². The average Bonchev–Trinajstić information content (AvgIpc) is 2.46. The summed E-state index contributed by atoms with van der Waals surface area (Å²) in [5.41, 5.74) is -0.226. The Morgan fingerprint density at radius 2 is 1.59 bits per heavy atom. The van der Waals surface area contributed by atoms with Crippen molar-refractivity contribution in [2.24, 2.45) is 0 Å². The summed E-state index contributed by atoms with van der Waals surface area (Å²) in [5.74, 6) is -1.46. The highest BCUT2D eigenvalue weighted by Crippen LogP contribution is 2.19. The lowest BCUT2D eigenvalue weighted by Crippen LogP contribution is -2.50. The van der Waals surface area contributed by atoms with Crippen LogP contribution in [0, 0.1) is 0 Å². The Kier molecular flexibility index (Phi) is 4.57. The maximum atomic E-state index is 12.5. The van der Waals surface area contributed by atoms with Crippen LogP contribution >= 0.6 is 0 Å². The molecule has 0 saturated carbocycles. The van der Waals surface area contributed by atoms with Gasteiger partial charge in [0.1, 0.15) is 0 Å². The smallest absolute Gasteiger partial charge is 0.243 e. The molecule has 0 bridgehead atoms. The summed E-state index contributed by atoms with van der Waals surface area (Å²) < 4.78 is 50.1. The van der Waals surface area contributed by atoms with Crippen molar-refractivity contribution in [1.29, 1.82) is 0 Å².